The Morgan fingerprint density at radius 2 is 2.11 bits per heavy atom. The highest BCUT2D eigenvalue weighted by Gasteiger charge is 2.20. The molecule has 1 atom stereocenters. The third kappa shape index (κ3) is 2.60. The summed E-state index contributed by atoms with van der Waals surface area (Å²) >= 11 is 0. The van der Waals surface area contributed by atoms with Gasteiger partial charge in [0.15, 0.2) is 0 Å². The standard InChI is InChI=1S/C13H21N5/c1-9(13(3,4)5)7-14-11-6-10(2)17-12-15-8-16-18(11)12/h6,8-9,14H,7H2,1-5H3. The normalized spacial score (nSPS) is 13.8. The quantitative estimate of drug-likeness (QED) is 0.905. The lowest BCUT2D eigenvalue weighted by atomic mass is 9.82. The molecule has 0 aliphatic rings. The van der Waals surface area contributed by atoms with E-state index in [0.29, 0.717) is 11.7 Å². The SMILES string of the molecule is Cc1cc(NCC(C)C(C)(C)C)n2ncnc2n1. The zero-order chi connectivity index (χ0) is 13.3. The smallest absolute Gasteiger partial charge is 0.254 e. The third-order valence-electron chi connectivity index (χ3n) is 3.45. The zero-order valence-electron chi connectivity index (χ0n) is 11.7. The van der Waals surface area contributed by atoms with Crippen LogP contribution in [0.2, 0.25) is 0 Å². The van der Waals surface area contributed by atoms with Gasteiger partial charge < -0.3 is 5.32 Å². The highest BCUT2D eigenvalue weighted by atomic mass is 15.3. The van der Waals surface area contributed by atoms with E-state index in [1.165, 1.54) is 6.33 Å². The van der Waals surface area contributed by atoms with Crippen molar-refractivity contribution in [1.82, 2.24) is 19.6 Å². The summed E-state index contributed by atoms with van der Waals surface area (Å²) in [6.07, 6.45) is 1.53. The Hall–Kier alpha value is -1.65. The van der Waals surface area contributed by atoms with Crippen molar-refractivity contribution in [2.45, 2.75) is 34.6 Å². The first kappa shape index (κ1) is 12.8. The number of anilines is 1. The van der Waals surface area contributed by atoms with Crippen LogP contribution in [0.4, 0.5) is 5.82 Å². The van der Waals surface area contributed by atoms with Gasteiger partial charge >= 0.3 is 0 Å². The van der Waals surface area contributed by atoms with Gasteiger partial charge in [-0.1, -0.05) is 27.7 Å². The van der Waals surface area contributed by atoms with Crippen molar-refractivity contribution in [2.24, 2.45) is 11.3 Å². The summed E-state index contributed by atoms with van der Waals surface area (Å²) < 4.78 is 1.74. The average Bonchev–Trinajstić information content (AvgIpc) is 2.71. The highest BCUT2D eigenvalue weighted by molar-refractivity contribution is 5.44. The average molecular weight is 247 g/mol. The molecule has 2 heterocycles. The molecule has 0 aromatic carbocycles. The van der Waals surface area contributed by atoms with E-state index in [-0.39, 0.29) is 5.41 Å². The van der Waals surface area contributed by atoms with E-state index in [4.69, 9.17) is 0 Å². The van der Waals surface area contributed by atoms with Crippen LogP contribution in [0, 0.1) is 18.3 Å². The van der Waals surface area contributed by atoms with Gasteiger partial charge in [0.05, 0.1) is 0 Å². The molecule has 18 heavy (non-hydrogen) atoms. The minimum Gasteiger partial charge on any atom is -0.370 e. The minimum absolute atomic E-state index is 0.288. The minimum atomic E-state index is 0.288. The van der Waals surface area contributed by atoms with Crippen molar-refractivity contribution in [2.75, 3.05) is 11.9 Å². The molecule has 1 N–H and O–H groups in total. The number of aryl methyl sites for hydroxylation is 1. The van der Waals surface area contributed by atoms with Crippen LogP contribution >= 0.6 is 0 Å². The fourth-order valence-corrected chi connectivity index (χ4v) is 1.62. The van der Waals surface area contributed by atoms with Crippen LogP contribution < -0.4 is 5.32 Å². The van der Waals surface area contributed by atoms with Crippen LogP contribution in [-0.2, 0) is 0 Å². The maximum Gasteiger partial charge on any atom is 0.254 e. The molecule has 0 amide bonds. The second kappa shape index (κ2) is 4.55. The molecule has 0 fully saturated rings. The van der Waals surface area contributed by atoms with Gasteiger partial charge in [0.2, 0.25) is 0 Å². The van der Waals surface area contributed by atoms with Crippen molar-refractivity contribution in [3.63, 3.8) is 0 Å². The Labute approximate surface area is 108 Å². The number of hydrogen-bond donors (Lipinski definition) is 1. The molecule has 0 radical (unpaired) electrons. The Bertz CT molecular complexity index is 538. The van der Waals surface area contributed by atoms with E-state index in [9.17, 15) is 0 Å². The van der Waals surface area contributed by atoms with Gasteiger partial charge in [0.1, 0.15) is 12.1 Å². The van der Waals surface area contributed by atoms with Gasteiger partial charge in [-0.2, -0.15) is 14.6 Å². The number of nitrogens with one attached hydrogen (secondary N) is 1. The first-order valence-corrected chi connectivity index (χ1v) is 6.29. The summed E-state index contributed by atoms with van der Waals surface area (Å²) in [7, 11) is 0. The fourth-order valence-electron chi connectivity index (χ4n) is 1.62. The van der Waals surface area contributed by atoms with Crippen molar-refractivity contribution >= 4 is 11.6 Å². The molecule has 5 nitrogen and oxygen atoms in total. The molecule has 2 aromatic heterocycles. The van der Waals surface area contributed by atoms with Gasteiger partial charge in [-0.05, 0) is 18.3 Å². The molecule has 0 saturated heterocycles. The Morgan fingerprint density at radius 1 is 1.39 bits per heavy atom. The molecule has 0 spiro atoms. The van der Waals surface area contributed by atoms with Crippen LogP contribution in [0.5, 0.6) is 0 Å². The lowest BCUT2D eigenvalue weighted by Gasteiger charge is -2.27. The van der Waals surface area contributed by atoms with E-state index >= 15 is 0 Å². The van der Waals surface area contributed by atoms with Gasteiger partial charge in [0.25, 0.3) is 5.78 Å². The molecule has 98 valence electrons. The van der Waals surface area contributed by atoms with Crippen LogP contribution in [0.15, 0.2) is 12.4 Å². The summed E-state index contributed by atoms with van der Waals surface area (Å²) in [6, 6.07) is 2.00. The number of rotatable bonds is 3. The fraction of sp³-hybridized carbons (Fsp3) is 0.615. The second-order valence-corrected chi connectivity index (χ2v) is 5.90. The second-order valence-electron chi connectivity index (χ2n) is 5.90. The van der Waals surface area contributed by atoms with E-state index in [2.05, 4.69) is 48.1 Å². The van der Waals surface area contributed by atoms with Crippen LogP contribution in [0.1, 0.15) is 33.4 Å². The third-order valence-corrected chi connectivity index (χ3v) is 3.45. The number of hydrogen-bond acceptors (Lipinski definition) is 4. The molecule has 0 bridgehead atoms. The summed E-state index contributed by atoms with van der Waals surface area (Å²) in [5.41, 5.74) is 1.23. The van der Waals surface area contributed by atoms with Crippen LogP contribution in [0.25, 0.3) is 5.78 Å². The van der Waals surface area contributed by atoms with Crippen molar-refractivity contribution < 1.29 is 0 Å². The van der Waals surface area contributed by atoms with E-state index in [1.807, 2.05) is 13.0 Å². The lowest BCUT2D eigenvalue weighted by molar-refractivity contribution is 0.274. The Kier molecular flexibility index (Phi) is 3.24. The first-order chi connectivity index (χ1) is 8.38. The maximum absolute atomic E-state index is 4.32. The molecular formula is C13H21N5. The first-order valence-electron chi connectivity index (χ1n) is 6.29. The number of aromatic nitrogens is 4. The van der Waals surface area contributed by atoms with E-state index < -0.39 is 0 Å². The van der Waals surface area contributed by atoms with Crippen molar-refractivity contribution in [3.05, 3.63) is 18.1 Å². The summed E-state index contributed by atoms with van der Waals surface area (Å²) in [5.74, 6) is 2.15. The predicted molar refractivity (Wildman–Crippen MR) is 72.6 cm³/mol. The summed E-state index contributed by atoms with van der Waals surface area (Å²) in [6.45, 7) is 11.9. The van der Waals surface area contributed by atoms with Crippen LogP contribution in [0.3, 0.4) is 0 Å². The molecule has 5 heteroatoms. The molecule has 2 aromatic rings. The molecule has 0 aliphatic carbocycles. The molecular weight excluding hydrogens is 226 g/mol. The Balaban J connectivity index is 2.19. The topological polar surface area (TPSA) is 55.1 Å². The molecule has 1 unspecified atom stereocenters. The van der Waals surface area contributed by atoms with Gasteiger partial charge in [0, 0.05) is 18.3 Å². The van der Waals surface area contributed by atoms with Crippen molar-refractivity contribution in [1.29, 1.82) is 0 Å². The highest BCUT2D eigenvalue weighted by Crippen LogP contribution is 2.25. The maximum atomic E-state index is 4.32. The van der Waals surface area contributed by atoms with Gasteiger partial charge in [-0.15, -0.1) is 0 Å². The summed E-state index contributed by atoms with van der Waals surface area (Å²) in [5, 5.41) is 7.62. The van der Waals surface area contributed by atoms with E-state index in [0.717, 1.165) is 18.1 Å². The summed E-state index contributed by atoms with van der Waals surface area (Å²) in [4.78, 5) is 8.44. The number of nitrogens with zero attached hydrogens (tertiary/aromatic N) is 4. The molecule has 2 rings (SSSR count). The molecule has 0 saturated carbocycles. The van der Waals surface area contributed by atoms with Crippen LogP contribution in [-0.4, -0.2) is 26.1 Å². The predicted octanol–water partition coefficient (Wildman–Crippen LogP) is 2.53. The van der Waals surface area contributed by atoms with Gasteiger partial charge in [-0.25, -0.2) is 4.98 Å². The number of fused-ring (bicyclic) bond motifs is 1. The van der Waals surface area contributed by atoms with E-state index in [1.54, 1.807) is 4.52 Å². The zero-order valence-corrected chi connectivity index (χ0v) is 11.7. The largest absolute Gasteiger partial charge is 0.370 e. The van der Waals surface area contributed by atoms with Gasteiger partial charge in [-0.3, -0.25) is 0 Å². The monoisotopic (exact) mass is 247 g/mol. The van der Waals surface area contributed by atoms with Crippen molar-refractivity contribution in [3.8, 4) is 0 Å². The lowest BCUT2D eigenvalue weighted by Crippen LogP contribution is -2.25. The Morgan fingerprint density at radius 3 is 2.78 bits per heavy atom. The molecule has 0 aliphatic heterocycles.